The maximum atomic E-state index is 10.9. The number of aromatic nitrogens is 1. The highest BCUT2D eigenvalue weighted by Gasteiger charge is 2.10. The third kappa shape index (κ3) is 2.86. The molecule has 1 aromatic heterocycles. The van der Waals surface area contributed by atoms with Crippen LogP contribution in [-0.2, 0) is 9.05 Å². The molecule has 0 spiro atoms. The smallest absolute Gasteiger partial charge is 0.262 e. The van der Waals surface area contributed by atoms with E-state index < -0.39 is 9.05 Å². The van der Waals surface area contributed by atoms with Crippen LogP contribution in [0.5, 0.6) is 5.75 Å². The summed E-state index contributed by atoms with van der Waals surface area (Å²) in [5.74, 6) is 0.393. The molecule has 0 aliphatic rings. The quantitative estimate of drug-likeness (QED) is 0.725. The lowest BCUT2D eigenvalue weighted by Gasteiger charge is -2.02. The van der Waals surface area contributed by atoms with Crippen LogP contribution in [-0.4, -0.2) is 20.0 Å². The molecule has 6 heteroatoms. The van der Waals surface area contributed by atoms with Gasteiger partial charge in [-0.15, -0.1) is 0 Å². The molecule has 4 nitrogen and oxygen atoms in total. The van der Waals surface area contributed by atoms with Gasteiger partial charge in [0.05, 0.1) is 12.8 Å². The monoisotopic (exact) mass is 221 g/mol. The van der Waals surface area contributed by atoms with Crippen molar-refractivity contribution < 1.29 is 13.2 Å². The number of rotatable bonds is 3. The normalized spacial score (nSPS) is 11.2. The summed E-state index contributed by atoms with van der Waals surface area (Å²) >= 11 is 0. The number of ether oxygens (including phenoxy) is 1. The lowest BCUT2D eigenvalue weighted by molar-refractivity contribution is 0.338. The molecule has 0 radical (unpaired) electrons. The van der Waals surface area contributed by atoms with Crippen LogP contribution in [0.15, 0.2) is 23.4 Å². The second kappa shape index (κ2) is 3.93. The van der Waals surface area contributed by atoms with E-state index in [1.807, 2.05) is 0 Å². The average Bonchev–Trinajstić information content (AvgIpc) is 2.04. The van der Waals surface area contributed by atoms with Crippen LogP contribution in [0, 0.1) is 0 Å². The zero-order valence-corrected chi connectivity index (χ0v) is 8.47. The highest BCUT2D eigenvalue weighted by molar-refractivity contribution is 8.13. The van der Waals surface area contributed by atoms with E-state index in [4.69, 9.17) is 15.4 Å². The largest absolute Gasteiger partial charge is 0.492 e. The van der Waals surface area contributed by atoms with Gasteiger partial charge in [0, 0.05) is 22.9 Å². The van der Waals surface area contributed by atoms with Crippen molar-refractivity contribution in [3.63, 3.8) is 0 Å². The molecular weight excluding hydrogens is 214 g/mol. The fourth-order valence-electron chi connectivity index (χ4n) is 0.778. The molecule has 1 rings (SSSR count). The molecule has 0 N–H and O–H groups in total. The Bertz CT molecular complexity index is 390. The number of nitrogens with zero attached hydrogens (tertiary/aromatic N) is 1. The van der Waals surface area contributed by atoms with Crippen molar-refractivity contribution in [2.75, 3.05) is 6.61 Å². The third-order valence-corrected chi connectivity index (χ3v) is 2.60. The standard InChI is InChI=1S/C7H8ClNO3S/c1-2-12-6-3-7(5-9-4-6)13(8,10)11/h3-5H,2H2,1H3. The first-order valence-electron chi connectivity index (χ1n) is 3.56. The molecule has 0 saturated heterocycles. The van der Waals surface area contributed by atoms with Crippen molar-refractivity contribution in [3.05, 3.63) is 18.5 Å². The Hall–Kier alpha value is -0.810. The van der Waals surface area contributed by atoms with Crippen molar-refractivity contribution in [3.8, 4) is 5.75 Å². The summed E-state index contributed by atoms with van der Waals surface area (Å²) in [7, 11) is 1.39. The number of hydrogen-bond acceptors (Lipinski definition) is 4. The Kier molecular flexibility index (Phi) is 3.11. The Morgan fingerprint density at radius 2 is 2.23 bits per heavy atom. The highest BCUT2D eigenvalue weighted by Crippen LogP contribution is 2.18. The summed E-state index contributed by atoms with van der Waals surface area (Å²) in [5.41, 5.74) is 0. The van der Waals surface area contributed by atoms with Crippen LogP contribution < -0.4 is 4.74 Å². The molecule has 13 heavy (non-hydrogen) atoms. The Morgan fingerprint density at radius 3 is 2.77 bits per heavy atom. The molecule has 0 aromatic carbocycles. The van der Waals surface area contributed by atoms with Crippen LogP contribution in [0.1, 0.15) is 6.92 Å². The van der Waals surface area contributed by atoms with E-state index in [1.54, 1.807) is 6.92 Å². The average molecular weight is 222 g/mol. The SMILES string of the molecule is CCOc1cncc(S(=O)(=O)Cl)c1. The van der Waals surface area contributed by atoms with Crippen LogP contribution in [0.3, 0.4) is 0 Å². The fourth-order valence-corrected chi connectivity index (χ4v) is 1.47. The van der Waals surface area contributed by atoms with E-state index in [2.05, 4.69) is 4.98 Å². The van der Waals surface area contributed by atoms with Gasteiger partial charge in [-0.1, -0.05) is 0 Å². The van der Waals surface area contributed by atoms with Crippen LogP contribution in [0.25, 0.3) is 0 Å². The van der Waals surface area contributed by atoms with Crippen molar-refractivity contribution in [1.82, 2.24) is 4.98 Å². The fraction of sp³-hybridized carbons (Fsp3) is 0.286. The van der Waals surface area contributed by atoms with Crippen molar-refractivity contribution in [1.29, 1.82) is 0 Å². The van der Waals surface area contributed by atoms with Gasteiger partial charge in [-0.2, -0.15) is 0 Å². The van der Waals surface area contributed by atoms with Crippen molar-refractivity contribution in [2.24, 2.45) is 0 Å². The van der Waals surface area contributed by atoms with E-state index in [1.165, 1.54) is 18.5 Å². The van der Waals surface area contributed by atoms with Crippen molar-refractivity contribution in [2.45, 2.75) is 11.8 Å². The minimum absolute atomic E-state index is 0.0554. The Labute approximate surface area is 80.9 Å². The van der Waals surface area contributed by atoms with Gasteiger partial charge in [0.15, 0.2) is 0 Å². The van der Waals surface area contributed by atoms with E-state index >= 15 is 0 Å². The van der Waals surface area contributed by atoms with Gasteiger partial charge in [0.1, 0.15) is 10.6 Å². The third-order valence-electron chi connectivity index (χ3n) is 1.28. The number of hydrogen-bond donors (Lipinski definition) is 0. The maximum Gasteiger partial charge on any atom is 0.262 e. The molecule has 0 unspecified atom stereocenters. The van der Waals surface area contributed by atoms with Gasteiger partial charge in [0.2, 0.25) is 0 Å². The maximum absolute atomic E-state index is 10.9. The molecule has 0 saturated carbocycles. The summed E-state index contributed by atoms with van der Waals surface area (Å²) in [6.07, 6.45) is 2.60. The number of pyridine rings is 1. The second-order valence-corrected chi connectivity index (χ2v) is 4.79. The highest BCUT2D eigenvalue weighted by atomic mass is 35.7. The van der Waals surface area contributed by atoms with Crippen LogP contribution >= 0.6 is 10.7 Å². The van der Waals surface area contributed by atoms with Gasteiger partial charge < -0.3 is 4.74 Å². The molecule has 1 aromatic rings. The predicted molar refractivity (Wildman–Crippen MR) is 48.4 cm³/mol. The molecule has 1 heterocycles. The molecule has 0 aliphatic carbocycles. The molecule has 0 bridgehead atoms. The summed E-state index contributed by atoms with van der Waals surface area (Å²) < 4.78 is 26.8. The van der Waals surface area contributed by atoms with E-state index in [9.17, 15) is 8.42 Å². The summed E-state index contributed by atoms with van der Waals surface area (Å²) in [6.45, 7) is 2.25. The summed E-state index contributed by atoms with van der Waals surface area (Å²) in [4.78, 5) is 3.63. The molecule has 0 fully saturated rings. The topological polar surface area (TPSA) is 56.3 Å². The van der Waals surface area contributed by atoms with Gasteiger partial charge >= 0.3 is 0 Å². The lowest BCUT2D eigenvalue weighted by Crippen LogP contribution is -1.96. The van der Waals surface area contributed by atoms with Crippen molar-refractivity contribution >= 4 is 19.7 Å². The Morgan fingerprint density at radius 1 is 1.54 bits per heavy atom. The molecule has 0 amide bonds. The van der Waals surface area contributed by atoms with E-state index in [0.29, 0.717) is 12.4 Å². The van der Waals surface area contributed by atoms with Gasteiger partial charge in [-0.25, -0.2) is 8.42 Å². The summed E-state index contributed by atoms with van der Waals surface area (Å²) in [6, 6.07) is 1.33. The zero-order valence-electron chi connectivity index (χ0n) is 6.90. The van der Waals surface area contributed by atoms with Gasteiger partial charge in [-0.3, -0.25) is 4.98 Å². The number of halogens is 1. The van der Waals surface area contributed by atoms with Gasteiger partial charge in [0.25, 0.3) is 9.05 Å². The second-order valence-electron chi connectivity index (χ2n) is 2.23. The molecule has 0 atom stereocenters. The lowest BCUT2D eigenvalue weighted by atomic mass is 10.5. The zero-order chi connectivity index (χ0) is 9.90. The first-order valence-corrected chi connectivity index (χ1v) is 5.87. The van der Waals surface area contributed by atoms with Gasteiger partial charge in [-0.05, 0) is 6.92 Å². The first-order chi connectivity index (χ1) is 6.04. The predicted octanol–water partition coefficient (Wildman–Crippen LogP) is 1.41. The van der Waals surface area contributed by atoms with Crippen LogP contribution in [0.4, 0.5) is 0 Å². The molecule has 72 valence electrons. The van der Waals surface area contributed by atoms with Crippen LogP contribution in [0.2, 0.25) is 0 Å². The molecular formula is C7H8ClNO3S. The minimum Gasteiger partial charge on any atom is -0.492 e. The molecule has 0 aliphatic heterocycles. The first kappa shape index (κ1) is 10.3. The van der Waals surface area contributed by atoms with E-state index in [-0.39, 0.29) is 4.90 Å². The Balaban J connectivity index is 3.06. The summed E-state index contributed by atoms with van der Waals surface area (Å²) in [5, 5.41) is 0. The minimum atomic E-state index is -3.71. The van der Waals surface area contributed by atoms with E-state index in [0.717, 1.165) is 0 Å².